The summed E-state index contributed by atoms with van der Waals surface area (Å²) in [4.78, 5) is 12.5. The van der Waals surface area contributed by atoms with Crippen LogP contribution in [0.25, 0.3) is 0 Å². The van der Waals surface area contributed by atoms with Crippen molar-refractivity contribution in [1.82, 2.24) is 0 Å². The van der Waals surface area contributed by atoms with E-state index in [0.29, 0.717) is 22.7 Å². The highest BCUT2D eigenvalue weighted by Crippen LogP contribution is 2.28. The number of nitro groups is 1. The van der Waals surface area contributed by atoms with E-state index in [1.807, 2.05) is 18.0 Å². The van der Waals surface area contributed by atoms with Gasteiger partial charge in [-0.1, -0.05) is 17.7 Å². The second-order valence-electron chi connectivity index (χ2n) is 4.51. The Hall–Kier alpha value is -2.58. The fourth-order valence-corrected chi connectivity index (χ4v) is 2.22. The maximum absolute atomic E-state index is 11.1. The molecule has 0 heterocycles. The first-order valence-corrected chi connectivity index (χ1v) is 6.54. The molecule has 0 unspecified atom stereocenters. The predicted octanol–water partition coefficient (Wildman–Crippen LogP) is 3.76. The number of nitro benzene ring substituents is 1. The Kier molecular flexibility index (Phi) is 4.41. The lowest BCUT2D eigenvalue weighted by Gasteiger charge is -2.20. The highest BCUT2D eigenvalue weighted by molar-refractivity contribution is 6.31. The highest BCUT2D eigenvalue weighted by Gasteiger charge is 2.18. The largest absolute Gasteiger partial charge is 0.370 e. The summed E-state index contributed by atoms with van der Waals surface area (Å²) in [5.41, 5.74) is 1.89. The molecule has 5 nitrogen and oxygen atoms in total. The van der Waals surface area contributed by atoms with Crippen LogP contribution in [0.15, 0.2) is 42.5 Å². The molecule has 0 saturated heterocycles. The minimum atomic E-state index is -0.437. The standard InChI is InChI=1S/C15H12ClN3O2/c1-18(12-7-5-11(9-17)6-8-12)10-13-14(16)3-2-4-15(13)19(20)21/h2-8H,10H2,1H3. The van der Waals surface area contributed by atoms with Crippen molar-refractivity contribution < 1.29 is 4.92 Å². The van der Waals surface area contributed by atoms with E-state index in [9.17, 15) is 10.1 Å². The fraction of sp³-hybridized carbons (Fsp3) is 0.133. The van der Waals surface area contributed by atoms with E-state index >= 15 is 0 Å². The summed E-state index contributed by atoms with van der Waals surface area (Å²) in [7, 11) is 1.81. The predicted molar refractivity (Wildman–Crippen MR) is 81.4 cm³/mol. The molecular weight excluding hydrogens is 290 g/mol. The van der Waals surface area contributed by atoms with Gasteiger partial charge in [0.1, 0.15) is 0 Å². The molecule has 0 saturated carbocycles. The van der Waals surface area contributed by atoms with Crippen molar-refractivity contribution in [2.75, 3.05) is 11.9 Å². The lowest BCUT2D eigenvalue weighted by Crippen LogP contribution is -2.17. The molecule has 0 aliphatic rings. The molecule has 0 aliphatic heterocycles. The van der Waals surface area contributed by atoms with E-state index in [0.717, 1.165) is 5.69 Å². The Labute approximate surface area is 127 Å². The van der Waals surface area contributed by atoms with Gasteiger partial charge in [0.15, 0.2) is 0 Å². The zero-order valence-electron chi connectivity index (χ0n) is 11.3. The van der Waals surface area contributed by atoms with E-state index in [1.165, 1.54) is 6.07 Å². The van der Waals surface area contributed by atoms with Crippen LogP contribution >= 0.6 is 11.6 Å². The van der Waals surface area contributed by atoms with Gasteiger partial charge >= 0.3 is 0 Å². The molecule has 6 heteroatoms. The fourth-order valence-electron chi connectivity index (χ4n) is 1.99. The van der Waals surface area contributed by atoms with E-state index in [4.69, 9.17) is 16.9 Å². The number of nitrogens with zero attached hydrogens (tertiary/aromatic N) is 3. The number of halogens is 1. The van der Waals surface area contributed by atoms with Crippen LogP contribution in [0.2, 0.25) is 5.02 Å². The van der Waals surface area contributed by atoms with Crippen molar-refractivity contribution in [3.8, 4) is 6.07 Å². The number of hydrogen-bond donors (Lipinski definition) is 0. The molecule has 0 atom stereocenters. The summed E-state index contributed by atoms with van der Waals surface area (Å²) in [6, 6.07) is 13.7. The van der Waals surface area contributed by atoms with Crippen LogP contribution in [-0.2, 0) is 6.54 Å². The second-order valence-corrected chi connectivity index (χ2v) is 4.92. The van der Waals surface area contributed by atoms with Crippen molar-refractivity contribution in [2.24, 2.45) is 0 Å². The van der Waals surface area contributed by atoms with Gasteiger partial charge in [-0.25, -0.2) is 0 Å². The smallest absolute Gasteiger partial charge is 0.275 e. The molecule has 0 spiro atoms. The monoisotopic (exact) mass is 301 g/mol. The zero-order valence-corrected chi connectivity index (χ0v) is 12.0. The first-order valence-electron chi connectivity index (χ1n) is 6.16. The van der Waals surface area contributed by atoms with Gasteiger partial charge in [0.2, 0.25) is 0 Å². The van der Waals surface area contributed by atoms with E-state index in [-0.39, 0.29) is 5.69 Å². The minimum absolute atomic E-state index is 0.00277. The van der Waals surface area contributed by atoms with Crippen LogP contribution < -0.4 is 4.90 Å². The summed E-state index contributed by atoms with van der Waals surface area (Å²) in [5.74, 6) is 0. The molecule has 106 valence electrons. The second kappa shape index (κ2) is 6.25. The Morgan fingerprint density at radius 1 is 1.29 bits per heavy atom. The van der Waals surface area contributed by atoms with Crippen molar-refractivity contribution in [2.45, 2.75) is 6.54 Å². The van der Waals surface area contributed by atoms with E-state index < -0.39 is 4.92 Å². The van der Waals surface area contributed by atoms with Crippen molar-refractivity contribution in [1.29, 1.82) is 5.26 Å². The first kappa shape index (κ1) is 14.8. The van der Waals surface area contributed by atoms with Crippen LogP contribution in [0.1, 0.15) is 11.1 Å². The van der Waals surface area contributed by atoms with Gasteiger partial charge < -0.3 is 4.90 Å². The van der Waals surface area contributed by atoms with Gasteiger partial charge in [0.25, 0.3) is 5.69 Å². The van der Waals surface area contributed by atoms with Crippen LogP contribution in [0.5, 0.6) is 0 Å². The molecular formula is C15H12ClN3O2. The lowest BCUT2D eigenvalue weighted by molar-refractivity contribution is -0.385. The van der Waals surface area contributed by atoms with E-state index in [2.05, 4.69) is 0 Å². The van der Waals surface area contributed by atoms with Crippen LogP contribution in [0.4, 0.5) is 11.4 Å². The number of hydrogen-bond acceptors (Lipinski definition) is 4. The Bertz CT molecular complexity index is 708. The van der Waals surface area contributed by atoms with Gasteiger partial charge in [-0.2, -0.15) is 5.26 Å². The third-order valence-electron chi connectivity index (χ3n) is 3.12. The molecule has 0 aliphatic carbocycles. The molecule has 2 rings (SSSR count). The number of rotatable bonds is 4. The average molecular weight is 302 g/mol. The van der Waals surface area contributed by atoms with Gasteiger partial charge in [-0.05, 0) is 30.3 Å². The average Bonchev–Trinajstić information content (AvgIpc) is 2.49. The summed E-state index contributed by atoms with van der Waals surface area (Å²) in [6.07, 6.45) is 0. The molecule has 0 fully saturated rings. The Morgan fingerprint density at radius 3 is 2.52 bits per heavy atom. The molecule has 0 amide bonds. The summed E-state index contributed by atoms with van der Waals surface area (Å²) >= 11 is 6.08. The maximum Gasteiger partial charge on any atom is 0.275 e. The van der Waals surface area contributed by atoms with Crippen molar-refractivity contribution in [3.63, 3.8) is 0 Å². The topological polar surface area (TPSA) is 70.2 Å². The van der Waals surface area contributed by atoms with Gasteiger partial charge in [0, 0.05) is 18.8 Å². The Morgan fingerprint density at radius 2 is 1.95 bits per heavy atom. The first-order chi connectivity index (χ1) is 10.0. The van der Waals surface area contributed by atoms with Crippen molar-refractivity contribution in [3.05, 3.63) is 68.7 Å². The van der Waals surface area contributed by atoms with Crippen LogP contribution in [-0.4, -0.2) is 12.0 Å². The lowest BCUT2D eigenvalue weighted by atomic mass is 10.1. The Balaban J connectivity index is 2.29. The minimum Gasteiger partial charge on any atom is -0.370 e. The molecule has 0 bridgehead atoms. The number of nitriles is 1. The normalized spacial score (nSPS) is 9.95. The quantitative estimate of drug-likeness (QED) is 0.637. The SMILES string of the molecule is CN(Cc1c(Cl)cccc1[N+](=O)[O-])c1ccc(C#N)cc1. The van der Waals surface area contributed by atoms with Gasteiger partial charge in [0.05, 0.1) is 33.7 Å². The molecule has 0 radical (unpaired) electrons. The molecule has 21 heavy (non-hydrogen) atoms. The van der Waals surface area contributed by atoms with Gasteiger partial charge in [-0.15, -0.1) is 0 Å². The summed E-state index contributed by atoms with van der Waals surface area (Å²) < 4.78 is 0. The third kappa shape index (κ3) is 3.30. The van der Waals surface area contributed by atoms with Crippen molar-refractivity contribution >= 4 is 23.0 Å². The molecule has 0 N–H and O–H groups in total. The molecule has 2 aromatic carbocycles. The number of anilines is 1. The highest BCUT2D eigenvalue weighted by atomic mass is 35.5. The summed E-state index contributed by atoms with van der Waals surface area (Å²) in [6.45, 7) is 0.307. The van der Waals surface area contributed by atoms with Gasteiger partial charge in [-0.3, -0.25) is 10.1 Å². The molecule has 0 aromatic heterocycles. The maximum atomic E-state index is 11.1. The summed E-state index contributed by atoms with van der Waals surface area (Å²) in [5, 5.41) is 20.2. The zero-order chi connectivity index (χ0) is 15.4. The van der Waals surface area contributed by atoms with E-state index in [1.54, 1.807) is 36.4 Å². The van der Waals surface area contributed by atoms with Crippen LogP contribution in [0, 0.1) is 21.4 Å². The number of benzene rings is 2. The molecule has 2 aromatic rings. The van der Waals surface area contributed by atoms with Crippen LogP contribution in [0.3, 0.4) is 0 Å². The third-order valence-corrected chi connectivity index (χ3v) is 3.48.